The first-order valence-electron chi connectivity index (χ1n) is 8.23. The molecule has 0 aliphatic carbocycles. The fraction of sp³-hybridized carbons (Fsp3) is 0.143. The molecule has 0 saturated carbocycles. The van der Waals surface area contributed by atoms with Crippen LogP contribution in [0.5, 0.6) is 11.5 Å². The number of hydrogen-bond donors (Lipinski definition) is 0. The van der Waals surface area contributed by atoms with Crippen molar-refractivity contribution in [2.45, 2.75) is 6.92 Å². The quantitative estimate of drug-likeness (QED) is 0.584. The number of hydrazone groups is 1. The molecule has 0 bridgehead atoms. The van der Waals surface area contributed by atoms with Crippen molar-refractivity contribution < 1.29 is 14.3 Å². The smallest absolute Gasteiger partial charge is 0.280 e. The maximum absolute atomic E-state index is 12.9. The van der Waals surface area contributed by atoms with E-state index >= 15 is 0 Å². The van der Waals surface area contributed by atoms with E-state index in [9.17, 15) is 4.79 Å². The molecule has 0 atom stereocenters. The summed E-state index contributed by atoms with van der Waals surface area (Å²) < 4.78 is 11.1. The van der Waals surface area contributed by atoms with Gasteiger partial charge in [0.2, 0.25) is 0 Å². The summed E-state index contributed by atoms with van der Waals surface area (Å²) in [7, 11) is 1.58. The van der Waals surface area contributed by atoms with E-state index < -0.39 is 0 Å². The fourth-order valence-corrected chi connectivity index (χ4v) is 2.69. The van der Waals surface area contributed by atoms with E-state index in [1.807, 2.05) is 55.5 Å². The van der Waals surface area contributed by atoms with Crippen LogP contribution in [0.25, 0.3) is 6.08 Å². The maximum Gasteiger partial charge on any atom is 0.280 e. The average Bonchev–Trinajstić information content (AvgIpc) is 2.95. The van der Waals surface area contributed by atoms with Crippen LogP contribution in [0.1, 0.15) is 12.5 Å². The van der Waals surface area contributed by atoms with Crippen LogP contribution >= 0.6 is 0 Å². The number of carbonyl (C=O) groups excluding carboxylic acids is 1. The molecule has 0 aromatic heterocycles. The highest BCUT2D eigenvalue weighted by atomic mass is 16.5. The summed E-state index contributed by atoms with van der Waals surface area (Å²) in [6.07, 6.45) is 3.44. The summed E-state index contributed by atoms with van der Waals surface area (Å²) in [5.41, 5.74) is 2.65. The number of anilines is 1. The summed E-state index contributed by atoms with van der Waals surface area (Å²) in [5.74, 6) is 0.994. The van der Waals surface area contributed by atoms with Crippen LogP contribution in [0, 0.1) is 0 Å². The van der Waals surface area contributed by atoms with Crippen molar-refractivity contribution in [2.75, 3.05) is 18.7 Å². The van der Waals surface area contributed by atoms with Crippen LogP contribution in [0.3, 0.4) is 0 Å². The third-order valence-corrected chi connectivity index (χ3v) is 3.94. The molecule has 1 aliphatic rings. The highest BCUT2D eigenvalue weighted by Gasteiger charge is 2.29. The molecule has 0 radical (unpaired) electrons. The van der Waals surface area contributed by atoms with Crippen LogP contribution in [-0.4, -0.2) is 25.3 Å². The van der Waals surface area contributed by atoms with E-state index in [1.165, 1.54) is 5.01 Å². The second kappa shape index (κ2) is 7.70. The van der Waals surface area contributed by atoms with Crippen molar-refractivity contribution in [2.24, 2.45) is 5.10 Å². The second-order valence-corrected chi connectivity index (χ2v) is 5.67. The number of amides is 1. The second-order valence-electron chi connectivity index (χ2n) is 5.67. The van der Waals surface area contributed by atoms with E-state index in [-0.39, 0.29) is 5.91 Å². The lowest BCUT2D eigenvalue weighted by Gasteiger charge is -2.13. The molecular formula is C21H20N2O3. The predicted molar refractivity (Wildman–Crippen MR) is 104 cm³/mol. The van der Waals surface area contributed by atoms with Gasteiger partial charge in [-0.1, -0.05) is 43.0 Å². The van der Waals surface area contributed by atoms with Crippen LogP contribution in [-0.2, 0) is 4.79 Å². The van der Waals surface area contributed by atoms with Crippen LogP contribution < -0.4 is 14.5 Å². The zero-order valence-corrected chi connectivity index (χ0v) is 14.8. The third kappa shape index (κ3) is 3.37. The molecule has 0 N–H and O–H groups in total. The van der Waals surface area contributed by atoms with E-state index in [1.54, 1.807) is 19.3 Å². The Morgan fingerprint density at radius 2 is 1.92 bits per heavy atom. The number of para-hydroxylation sites is 2. The van der Waals surface area contributed by atoms with Gasteiger partial charge < -0.3 is 9.47 Å². The Labute approximate surface area is 152 Å². The monoisotopic (exact) mass is 348 g/mol. The van der Waals surface area contributed by atoms with Gasteiger partial charge in [-0.15, -0.1) is 0 Å². The highest BCUT2D eigenvalue weighted by Crippen LogP contribution is 2.34. The van der Waals surface area contributed by atoms with Crippen molar-refractivity contribution in [3.63, 3.8) is 0 Å². The number of benzene rings is 2. The summed E-state index contributed by atoms with van der Waals surface area (Å²) >= 11 is 0. The number of nitrogens with zero attached hydrogens (tertiary/aromatic N) is 2. The molecule has 0 spiro atoms. The number of carbonyl (C=O) groups is 1. The van der Waals surface area contributed by atoms with Crippen molar-refractivity contribution in [1.82, 2.24) is 0 Å². The molecule has 1 amide bonds. The van der Waals surface area contributed by atoms with Crippen molar-refractivity contribution in [3.05, 3.63) is 72.3 Å². The zero-order valence-electron chi connectivity index (χ0n) is 14.8. The summed E-state index contributed by atoms with van der Waals surface area (Å²) in [6, 6.07) is 14.9. The molecule has 2 aromatic rings. The van der Waals surface area contributed by atoms with Crippen molar-refractivity contribution in [3.8, 4) is 11.5 Å². The zero-order chi connectivity index (χ0) is 18.5. The molecule has 5 nitrogen and oxygen atoms in total. The van der Waals surface area contributed by atoms with Crippen LogP contribution in [0.2, 0.25) is 0 Å². The lowest BCUT2D eigenvalue weighted by atomic mass is 10.1. The van der Waals surface area contributed by atoms with E-state index in [0.717, 1.165) is 11.3 Å². The minimum atomic E-state index is -0.175. The Bertz CT molecular complexity index is 885. The Hall–Kier alpha value is -3.34. The molecule has 132 valence electrons. The first-order chi connectivity index (χ1) is 12.7. The standard InChI is InChI=1S/C21H20N2O3/c1-4-13-26-20-16(9-8-12-19(20)25-3)14-18-15(2)22-23(21(18)24)17-10-6-5-7-11-17/h4-12,14H,1,13H2,2-3H3/b18-14-. The molecule has 3 rings (SSSR count). The number of hydrogen-bond acceptors (Lipinski definition) is 4. The Balaban J connectivity index is 1.99. The first-order valence-corrected chi connectivity index (χ1v) is 8.23. The normalized spacial score (nSPS) is 15.2. The average molecular weight is 348 g/mol. The van der Waals surface area contributed by atoms with Gasteiger partial charge in [0.15, 0.2) is 11.5 Å². The highest BCUT2D eigenvalue weighted by molar-refractivity contribution is 6.32. The molecule has 1 heterocycles. The van der Waals surface area contributed by atoms with E-state index in [4.69, 9.17) is 9.47 Å². The van der Waals surface area contributed by atoms with E-state index in [0.29, 0.717) is 29.4 Å². The van der Waals surface area contributed by atoms with Gasteiger partial charge in [-0.25, -0.2) is 0 Å². The fourth-order valence-electron chi connectivity index (χ4n) is 2.69. The van der Waals surface area contributed by atoms with Gasteiger partial charge in [-0.2, -0.15) is 10.1 Å². The minimum absolute atomic E-state index is 0.175. The molecular weight excluding hydrogens is 328 g/mol. The Morgan fingerprint density at radius 3 is 2.62 bits per heavy atom. The summed E-state index contributed by atoms with van der Waals surface area (Å²) in [6.45, 7) is 5.83. The Morgan fingerprint density at radius 1 is 1.15 bits per heavy atom. The van der Waals surface area contributed by atoms with Gasteiger partial charge in [0.05, 0.1) is 24.1 Å². The number of rotatable bonds is 6. The first kappa shape index (κ1) is 17.5. The molecule has 0 fully saturated rings. The number of ether oxygens (including phenoxy) is 2. The van der Waals surface area contributed by atoms with Gasteiger partial charge in [-0.05, 0) is 31.2 Å². The van der Waals surface area contributed by atoms with Gasteiger partial charge in [0, 0.05) is 5.56 Å². The molecule has 1 aliphatic heterocycles. The van der Waals surface area contributed by atoms with Gasteiger partial charge in [0.25, 0.3) is 5.91 Å². The van der Waals surface area contributed by atoms with Crippen molar-refractivity contribution in [1.29, 1.82) is 0 Å². The number of methoxy groups -OCH3 is 1. The third-order valence-electron chi connectivity index (χ3n) is 3.94. The molecule has 5 heteroatoms. The van der Waals surface area contributed by atoms with Gasteiger partial charge in [-0.3, -0.25) is 4.79 Å². The SMILES string of the molecule is C=CCOc1c(/C=C2\C(=O)N(c3ccccc3)N=C2C)cccc1OC. The molecule has 0 unspecified atom stereocenters. The minimum Gasteiger partial charge on any atom is -0.493 e. The Kier molecular flexibility index (Phi) is 5.17. The maximum atomic E-state index is 12.9. The van der Waals surface area contributed by atoms with E-state index in [2.05, 4.69) is 11.7 Å². The van der Waals surface area contributed by atoms with Crippen LogP contribution in [0.4, 0.5) is 5.69 Å². The largest absolute Gasteiger partial charge is 0.493 e. The van der Waals surface area contributed by atoms with Gasteiger partial charge in [0.1, 0.15) is 6.61 Å². The van der Waals surface area contributed by atoms with Crippen LogP contribution in [0.15, 0.2) is 71.9 Å². The lowest BCUT2D eigenvalue weighted by Crippen LogP contribution is -2.21. The van der Waals surface area contributed by atoms with Crippen molar-refractivity contribution >= 4 is 23.4 Å². The lowest BCUT2D eigenvalue weighted by molar-refractivity contribution is -0.114. The predicted octanol–water partition coefficient (Wildman–Crippen LogP) is 4.07. The van der Waals surface area contributed by atoms with Gasteiger partial charge >= 0.3 is 0 Å². The summed E-state index contributed by atoms with van der Waals surface area (Å²) in [4.78, 5) is 12.9. The molecule has 0 saturated heterocycles. The summed E-state index contributed by atoms with van der Waals surface area (Å²) in [5, 5.41) is 5.80. The molecule has 26 heavy (non-hydrogen) atoms. The molecule has 2 aromatic carbocycles. The topological polar surface area (TPSA) is 51.1 Å².